The number of hydrogen-bond donors (Lipinski definition) is 1. The van der Waals surface area contributed by atoms with E-state index in [9.17, 15) is 14.7 Å². The van der Waals surface area contributed by atoms with Crippen molar-refractivity contribution >= 4 is 11.9 Å². The van der Waals surface area contributed by atoms with E-state index in [1.807, 2.05) is 25.5 Å². The van der Waals surface area contributed by atoms with Crippen LogP contribution in [0.4, 0.5) is 0 Å². The first-order valence-electron chi connectivity index (χ1n) is 7.31. The Kier molecular flexibility index (Phi) is 4.53. The third-order valence-corrected chi connectivity index (χ3v) is 3.83. The van der Waals surface area contributed by atoms with Crippen molar-refractivity contribution in [3.05, 3.63) is 34.4 Å². The van der Waals surface area contributed by atoms with Crippen LogP contribution in [0.2, 0.25) is 0 Å². The number of rotatable bonds is 5. The van der Waals surface area contributed by atoms with E-state index in [2.05, 4.69) is 10.2 Å². The van der Waals surface area contributed by atoms with E-state index < -0.39 is 11.9 Å². The molecule has 0 spiro atoms. The molecule has 2 aromatic rings. The molecule has 2 heterocycles. The maximum absolute atomic E-state index is 12.5. The zero-order valence-electron chi connectivity index (χ0n) is 14.0. The van der Waals surface area contributed by atoms with Crippen molar-refractivity contribution in [3.63, 3.8) is 0 Å². The Morgan fingerprint density at radius 3 is 2.48 bits per heavy atom. The van der Waals surface area contributed by atoms with Crippen molar-refractivity contribution in [2.24, 2.45) is 7.05 Å². The minimum absolute atomic E-state index is 0.0549. The Morgan fingerprint density at radius 1 is 1.30 bits per heavy atom. The minimum atomic E-state index is -1.17. The van der Waals surface area contributed by atoms with Gasteiger partial charge in [0.25, 0.3) is 5.91 Å². The SMILES string of the molecule is CCn1nc(C)c(CN(C)C(=O)c2nn(C)cc2C(=O)O)c1C. The van der Waals surface area contributed by atoms with Gasteiger partial charge >= 0.3 is 5.97 Å². The third-order valence-electron chi connectivity index (χ3n) is 3.83. The van der Waals surface area contributed by atoms with Crippen molar-refractivity contribution < 1.29 is 14.7 Å². The summed E-state index contributed by atoms with van der Waals surface area (Å²) in [6, 6.07) is 0. The summed E-state index contributed by atoms with van der Waals surface area (Å²) in [6.45, 7) is 6.97. The summed E-state index contributed by atoms with van der Waals surface area (Å²) in [7, 11) is 3.22. The normalized spacial score (nSPS) is 10.8. The van der Waals surface area contributed by atoms with Gasteiger partial charge in [-0.25, -0.2) is 4.79 Å². The Hall–Kier alpha value is -2.64. The van der Waals surface area contributed by atoms with Gasteiger partial charge in [-0.1, -0.05) is 0 Å². The van der Waals surface area contributed by atoms with Gasteiger partial charge in [0.05, 0.1) is 5.69 Å². The van der Waals surface area contributed by atoms with Gasteiger partial charge in [-0.05, 0) is 20.8 Å². The van der Waals surface area contributed by atoms with Crippen molar-refractivity contribution in [3.8, 4) is 0 Å². The van der Waals surface area contributed by atoms with Crippen LogP contribution >= 0.6 is 0 Å². The molecule has 2 aromatic heterocycles. The van der Waals surface area contributed by atoms with Crippen molar-refractivity contribution in [1.29, 1.82) is 0 Å². The number of hydrogen-bond acceptors (Lipinski definition) is 4. The lowest BCUT2D eigenvalue weighted by Gasteiger charge is -2.16. The molecule has 124 valence electrons. The maximum Gasteiger partial charge on any atom is 0.339 e. The van der Waals surface area contributed by atoms with Crippen LogP contribution < -0.4 is 0 Å². The zero-order chi connectivity index (χ0) is 17.3. The predicted molar refractivity (Wildman–Crippen MR) is 83.3 cm³/mol. The van der Waals surface area contributed by atoms with E-state index in [4.69, 9.17) is 0 Å². The molecule has 0 saturated heterocycles. The molecule has 0 unspecified atom stereocenters. The van der Waals surface area contributed by atoms with Gasteiger partial charge in [0.2, 0.25) is 0 Å². The van der Waals surface area contributed by atoms with Crippen LogP contribution in [-0.2, 0) is 20.1 Å². The van der Waals surface area contributed by atoms with Crippen LogP contribution in [0.1, 0.15) is 44.7 Å². The summed E-state index contributed by atoms with van der Waals surface area (Å²) in [5.41, 5.74) is 2.69. The van der Waals surface area contributed by atoms with Gasteiger partial charge < -0.3 is 10.0 Å². The Labute approximate surface area is 134 Å². The highest BCUT2D eigenvalue weighted by Crippen LogP contribution is 2.17. The van der Waals surface area contributed by atoms with Gasteiger partial charge in [0, 0.05) is 44.6 Å². The van der Waals surface area contributed by atoms with Crippen molar-refractivity contribution in [2.45, 2.75) is 33.9 Å². The summed E-state index contributed by atoms with van der Waals surface area (Å²) < 4.78 is 3.21. The molecule has 0 fully saturated rings. The molecule has 0 saturated carbocycles. The monoisotopic (exact) mass is 319 g/mol. The van der Waals surface area contributed by atoms with Crippen LogP contribution in [0, 0.1) is 13.8 Å². The van der Waals surface area contributed by atoms with Crippen LogP contribution in [0.5, 0.6) is 0 Å². The molecule has 0 aliphatic heterocycles. The second kappa shape index (κ2) is 6.23. The summed E-state index contributed by atoms with van der Waals surface area (Å²) in [5.74, 6) is -1.59. The molecular formula is C15H21N5O3. The van der Waals surface area contributed by atoms with Crippen molar-refractivity contribution in [2.75, 3.05) is 7.05 Å². The topological polar surface area (TPSA) is 93.3 Å². The predicted octanol–water partition coefficient (Wildman–Crippen LogP) is 1.22. The number of aromatic carboxylic acids is 1. The van der Waals surface area contributed by atoms with E-state index in [0.717, 1.165) is 23.5 Å². The number of carbonyl (C=O) groups excluding carboxylic acids is 1. The molecule has 0 aliphatic rings. The van der Waals surface area contributed by atoms with E-state index in [1.54, 1.807) is 14.1 Å². The molecule has 8 nitrogen and oxygen atoms in total. The lowest BCUT2D eigenvalue weighted by Crippen LogP contribution is -2.28. The first kappa shape index (κ1) is 16.7. The zero-order valence-corrected chi connectivity index (χ0v) is 14.0. The third kappa shape index (κ3) is 3.10. The Morgan fingerprint density at radius 2 is 1.96 bits per heavy atom. The second-order valence-corrected chi connectivity index (χ2v) is 5.50. The molecule has 8 heteroatoms. The van der Waals surface area contributed by atoms with Gasteiger partial charge in [-0.15, -0.1) is 0 Å². The van der Waals surface area contributed by atoms with Crippen LogP contribution in [0.25, 0.3) is 0 Å². The molecule has 1 N–H and O–H groups in total. The highest BCUT2D eigenvalue weighted by atomic mass is 16.4. The fourth-order valence-corrected chi connectivity index (χ4v) is 2.56. The summed E-state index contributed by atoms with van der Waals surface area (Å²) in [6.07, 6.45) is 1.33. The summed E-state index contributed by atoms with van der Waals surface area (Å²) in [5, 5.41) is 17.6. The summed E-state index contributed by atoms with van der Waals surface area (Å²) >= 11 is 0. The number of amides is 1. The lowest BCUT2D eigenvalue weighted by molar-refractivity contribution is 0.0679. The van der Waals surface area contributed by atoms with Crippen LogP contribution in [-0.4, -0.2) is 48.5 Å². The quantitative estimate of drug-likeness (QED) is 0.894. The smallest absolute Gasteiger partial charge is 0.339 e. The first-order valence-corrected chi connectivity index (χ1v) is 7.31. The largest absolute Gasteiger partial charge is 0.478 e. The molecule has 0 radical (unpaired) electrons. The average molecular weight is 319 g/mol. The number of aryl methyl sites for hydroxylation is 3. The van der Waals surface area contributed by atoms with Crippen molar-refractivity contribution in [1.82, 2.24) is 24.5 Å². The Bertz CT molecular complexity index is 759. The van der Waals surface area contributed by atoms with Gasteiger partial charge in [-0.3, -0.25) is 14.2 Å². The van der Waals surface area contributed by atoms with E-state index >= 15 is 0 Å². The average Bonchev–Trinajstić information content (AvgIpc) is 3.01. The number of aromatic nitrogens is 4. The van der Waals surface area contributed by atoms with Gasteiger partial charge in [0.1, 0.15) is 5.56 Å². The molecule has 0 bridgehead atoms. The van der Waals surface area contributed by atoms with Crippen LogP contribution in [0.15, 0.2) is 6.20 Å². The van der Waals surface area contributed by atoms with Crippen LogP contribution in [0.3, 0.4) is 0 Å². The molecular weight excluding hydrogens is 298 g/mol. The number of nitrogens with zero attached hydrogens (tertiary/aromatic N) is 5. The molecule has 23 heavy (non-hydrogen) atoms. The molecule has 0 aromatic carbocycles. The van der Waals surface area contributed by atoms with Gasteiger partial charge in [0.15, 0.2) is 5.69 Å². The highest BCUT2D eigenvalue weighted by Gasteiger charge is 2.25. The van der Waals surface area contributed by atoms with E-state index in [1.165, 1.54) is 15.8 Å². The van der Waals surface area contributed by atoms with E-state index in [0.29, 0.717) is 6.54 Å². The number of carboxylic acids is 1. The molecule has 2 rings (SSSR count). The Balaban J connectivity index is 2.28. The number of carboxylic acid groups (broad SMARTS) is 1. The molecule has 0 atom stereocenters. The molecule has 1 amide bonds. The minimum Gasteiger partial charge on any atom is -0.478 e. The van der Waals surface area contributed by atoms with Gasteiger partial charge in [-0.2, -0.15) is 10.2 Å². The molecule has 0 aliphatic carbocycles. The second-order valence-electron chi connectivity index (χ2n) is 5.50. The fraction of sp³-hybridized carbons (Fsp3) is 0.467. The number of carbonyl (C=O) groups is 2. The maximum atomic E-state index is 12.5. The lowest BCUT2D eigenvalue weighted by atomic mass is 10.1. The highest BCUT2D eigenvalue weighted by molar-refractivity contribution is 6.03. The summed E-state index contributed by atoms with van der Waals surface area (Å²) in [4.78, 5) is 25.2. The first-order chi connectivity index (χ1) is 10.8. The fourth-order valence-electron chi connectivity index (χ4n) is 2.56. The standard InChI is InChI=1S/C15H21N5O3/c1-6-20-10(3)11(9(2)16-20)7-18(4)14(21)13-12(15(22)23)8-19(5)17-13/h8H,6-7H2,1-5H3,(H,22,23). The van der Waals surface area contributed by atoms with E-state index in [-0.39, 0.29) is 11.3 Å².